The number of carbonyl (C=O) groups excluding carboxylic acids is 2. The molecule has 0 N–H and O–H groups in total. The molecule has 23 heavy (non-hydrogen) atoms. The topological polar surface area (TPSA) is 40.6 Å². The van der Waals surface area contributed by atoms with Gasteiger partial charge in [0.1, 0.15) is 6.54 Å². The molecule has 1 saturated carbocycles. The van der Waals surface area contributed by atoms with Crippen molar-refractivity contribution >= 4 is 17.5 Å². The lowest BCUT2D eigenvalue weighted by Crippen LogP contribution is -2.46. The Morgan fingerprint density at radius 3 is 2.52 bits per heavy atom. The number of benzene rings is 1. The third kappa shape index (κ3) is 3.57. The maximum Gasteiger partial charge on any atom is 0.246 e. The normalized spacial score (nSPS) is 18.4. The van der Waals surface area contributed by atoms with Crippen LogP contribution in [-0.4, -0.2) is 35.8 Å². The molecule has 124 valence electrons. The van der Waals surface area contributed by atoms with Crippen molar-refractivity contribution in [1.82, 2.24) is 4.90 Å². The molecule has 0 bridgehead atoms. The minimum absolute atomic E-state index is 0.0257. The molecule has 0 saturated heterocycles. The number of para-hydroxylation sites is 1. The Balaban J connectivity index is 1.70. The van der Waals surface area contributed by atoms with E-state index in [2.05, 4.69) is 6.07 Å². The first-order chi connectivity index (χ1) is 11.2. The summed E-state index contributed by atoms with van der Waals surface area (Å²) in [6.07, 6.45) is 7.79. The SMILES string of the molecule is CC(=O)N(CC(=O)N1CCc2ccccc21)C1CCCCCC1. The van der Waals surface area contributed by atoms with Gasteiger partial charge in [0.25, 0.3) is 0 Å². The van der Waals surface area contributed by atoms with Gasteiger partial charge in [0.05, 0.1) is 0 Å². The summed E-state index contributed by atoms with van der Waals surface area (Å²) < 4.78 is 0. The van der Waals surface area contributed by atoms with Gasteiger partial charge in [0.15, 0.2) is 0 Å². The zero-order valence-electron chi connectivity index (χ0n) is 14.0. The molecule has 0 aromatic heterocycles. The summed E-state index contributed by atoms with van der Waals surface area (Å²) in [5.41, 5.74) is 2.24. The zero-order valence-corrected chi connectivity index (χ0v) is 14.0. The Morgan fingerprint density at radius 2 is 1.83 bits per heavy atom. The lowest BCUT2D eigenvalue weighted by atomic mass is 10.1. The molecule has 4 heteroatoms. The second-order valence-corrected chi connectivity index (χ2v) is 6.72. The molecule has 2 aliphatic rings. The summed E-state index contributed by atoms with van der Waals surface area (Å²) in [4.78, 5) is 28.6. The van der Waals surface area contributed by atoms with Crippen LogP contribution >= 0.6 is 0 Å². The van der Waals surface area contributed by atoms with Gasteiger partial charge in [-0.1, -0.05) is 43.9 Å². The van der Waals surface area contributed by atoms with Gasteiger partial charge in [-0.25, -0.2) is 0 Å². The Morgan fingerprint density at radius 1 is 1.13 bits per heavy atom. The summed E-state index contributed by atoms with van der Waals surface area (Å²) in [6.45, 7) is 2.54. The second kappa shape index (κ2) is 7.16. The number of carbonyl (C=O) groups is 2. The number of rotatable bonds is 3. The first-order valence-electron chi connectivity index (χ1n) is 8.82. The van der Waals surface area contributed by atoms with Crippen molar-refractivity contribution in [1.29, 1.82) is 0 Å². The van der Waals surface area contributed by atoms with Crippen LogP contribution in [0.4, 0.5) is 5.69 Å². The summed E-state index contributed by atoms with van der Waals surface area (Å²) in [5, 5.41) is 0. The van der Waals surface area contributed by atoms with Gasteiger partial charge in [0.2, 0.25) is 11.8 Å². The summed E-state index contributed by atoms with van der Waals surface area (Å²) in [5.74, 6) is 0.0760. The molecule has 1 aliphatic heterocycles. The molecule has 2 amide bonds. The summed E-state index contributed by atoms with van der Waals surface area (Å²) in [7, 11) is 0. The zero-order chi connectivity index (χ0) is 16.2. The monoisotopic (exact) mass is 314 g/mol. The van der Waals surface area contributed by atoms with Crippen molar-refractivity contribution in [2.45, 2.75) is 57.9 Å². The molecule has 4 nitrogen and oxygen atoms in total. The highest BCUT2D eigenvalue weighted by atomic mass is 16.2. The number of nitrogens with zero attached hydrogens (tertiary/aromatic N) is 2. The van der Waals surface area contributed by atoms with E-state index >= 15 is 0 Å². The van der Waals surface area contributed by atoms with Crippen LogP contribution in [0.25, 0.3) is 0 Å². The Bertz CT molecular complexity index is 576. The first kappa shape index (κ1) is 16.0. The predicted octanol–water partition coefficient (Wildman–Crippen LogP) is 3.15. The second-order valence-electron chi connectivity index (χ2n) is 6.72. The highest BCUT2D eigenvalue weighted by Gasteiger charge is 2.29. The third-order valence-corrected chi connectivity index (χ3v) is 5.16. The maximum atomic E-state index is 12.8. The standard InChI is InChI=1S/C19H26N2O2/c1-15(22)21(17-9-4-2-3-5-10-17)14-19(23)20-13-12-16-8-6-7-11-18(16)20/h6-8,11,17H,2-5,9-10,12-14H2,1H3. The minimum Gasteiger partial charge on any atom is -0.331 e. The van der Waals surface area contributed by atoms with Gasteiger partial charge in [0, 0.05) is 25.2 Å². The molecule has 3 rings (SSSR count). The molecular formula is C19H26N2O2. The predicted molar refractivity (Wildman–Crippen MR) is 91.4 cm³/mol. The van der Waals surface area contributed by atoms with E-state index in [9.17, 15) is 9.59 Å². The van der Waals surface area contributed by atoms with Gasteiger partial charge in [-0.15, -0.1) is 0 Å². The van der Waals surface area contributed by atoms with Crippen molar-refractivity contribution in [2.24, 2.45) is 0 Å². The third-order valence-electron chi connectivity index (χ3n) is 5.16. The van der Waals surface area contributed by atoms with Crippen LogP contribution in [0.15, 0.2) is 24.3 Å². The number of anilines is 1. The van der Waals surface area contributed by atoms with E-state index in [0.717, 1.165) is 44.3 Å². The summed E-state index contributed by atoms with van der Waals surface area (Å²) >= 11 is 0. The van der Waals surface area contributed by atoms with Crippen LogP contribution < -0.4 is 4.90 Å². The fourth-order valence-corrected chi connectivity index (χ4v) is 3.90. The van der Waals surface area contributed by atoms with Crippen LogP contribution in [0.3, 0.4) is 0 Å². The van der Waals surface area contributed by atoms with Crippen LogP contribution in [-0.2, 0) is 16.0 Å². The molecule has 1 aromatic carbocycles. The Kier molecular flexibility index (Phi) is 4.99. The Hall–Kier alpha value is -1.84. The van der Waals surface area contributed by atoms with Crippen molar-refractivity contribution in [3.8, 4) is 0 Å². The molecule has 1 aliphatic carbocycles. The van der Waals surface area contributed by atoms with Crippen molar-refractivity contribution in [3.63, 3.8) is 0 Å². The van der Waals surface area contributed by atoms with Gasteiger partial charge in [-0.2, -0.15) is 0 Å². The highest BCUT2D eigenvalue weighted by molar-refractivity contribution is 5.98. The van der Waals surface area contributed by atoms with Crippen molar-refractivity contribution in [3.05, 3.63) is 29.8 Å². The quantitative estimate of drug-likeness (QED) is 0.804. The van der Waals surface area contributed by atoms with E-state index in [1.165, 1.54) is 18.4 Å². The van der Waals surface area contributed by atoms with Crippen LogP contribution in [0.1, 0.15) is 51.0 Å². The average Bonchev–Trinajstić information content (AvgIpc) is 2.79. The van der Waals surface area contributed by atoms with Gasteiger partial charge >= 0.3 is 0 Å². The lowest BCUT2D eigenvalue weighted by Gasteiger charge is -2.31. The lowest BCUT2D eigenvalue weighted by molar-refractivity contribution is -0.136. The molecule has 1 aromatic rings. The van der Waals surface area contributed by atoms with E-state index in [4.69, 9.17) is 0 Å². The first-order valence-corrected chi connectivity index (χ1v) is 8.82. The van der Waals surface area contributed by atoms with Gasteiger partial charge in [-0.05, 0) is 30.9 Å². The highest BCUT2D eigenvalue weighted by Crippen LogP contribution is 2.28. The molecule has 1 heterocycles. The maximum absolute atomic E-state index is 12.8. The summed E-state index contributed by atoms with van der Waals surface area (Å²) in [6, 6.07) is 8.30. The van der Waals surface area contributed by atoms with E-state index < -0.39 is 0 Å². The fraction of sp³-hybridized carbons (Fsp3) is 0.579. The van der Waals surface area contributed by atoms with Gasteiger partial charge in [-0.3, -0.25) is 9.59 Å². The molecule has 0 unspecified atom stereocenters. The van der Waals surface area contributed by atoms with Crippen LogP contribution in [0.5, 0.6) is 0 Å². The van der Waals surface area contributed by atoms with Crippen LogP contribution in [0, 0.1) is 0 Å². The molecule has 0 radical (unpaired) electrons. The number of fused-ring (bicyclic) bond motifs is 1. The largest absolute Gasteiger partial charge is 0.331 e. The fourth-order valence-electron chi connectivity index (χ4n) is 3.90. The van der Waals surface area contributed by atoms with E-state index in [0.29, 0.717) is 0 Å². The molecule has 0 spiro atoms. The van der Waals surface area contributed by atoms with Gasteiger partial charge < -0.3 is 9.80 Å². The number of amides is 2. The number of hydrogen-bond donors (Lipinski definition) is 0. The molecule has 0 atom stereocenters. The van der Waals surface area contributed by atoms with E-state index in [1.54, 1.807) is 6.92 Å². The van der Waals surface area contributed by atoms with Crippen molar-refractivity contribution < 1.29 is 9.59 Å². The van der Waals surface area contributed by atoms with E-state index in [1.807, 2.05) is 28.0 Å². The smallest absolute Gasteiger partial charge is 0.246 e. The van der Waals surface area contributed by atoms with E-state index in [-0.39, 0.29) is 24.4 Å². The minimum atomic E-state index is 0.0257. The molecular weight excluding hydrogens is 288 g/mol. The average molecular weight is 314 g/mol. The number of hydrogen-bond acceptors (Lipinski definition) is 2. The van der Waals surface area contributed by atoms with Crippen LogP contribution in [0.2, 0.25) is 0 Å². The Labute approximate surface area is 138 Å². The van der Waals surface area contributed by atoms with Crippen molar-refractivity contribution in [2.75, 3.05) is 18.0 Å². The molecule has 1 fully saturated rings.